The largest absolute Gasteiger partial charge is 0.264 e. The summed E-state index contributed by atoms with van der Waals surface area (Å²) >= 11 is 5.86. The Morgan fingerprint density at radius 2 is 1.81 bits per heavy atom. The van der Waals surface area contributed by atoms with Crippen molar-refractivity contribution in [3.05, 3.63) is 64.4 Å². The van der Waals surface area contributed by atoms with Gasteiger partial charge in [-0.2, -0.15) is 0 Å². The number of hydrogen-bond acceptors (Lipinski definition) is 1. The fraction of sp³-hybridized carbons (Fsp3) is 0.214. The van der Waals surface area contributed by atoms with Crippen LogP contribution in [-0.2, 0) is 12.8 Å². The van der Waals surface area contributed by atoms with Crippen LogP contribution >= 0.6 is 11.6 Å². The van der Waals surface area contributed by atoms with Gasteiger partial charge in [0.25, 0.3) is 0 Å². The zero-order chi connectivity index (χ0) is 11.4. The monoisotopic (exact) mass is 231 g/mol. The third-order valence-electron chi connectivity index (χ3n) is 2.69. The van der Waals surface area contributed by atoms with Gasteiger partial charge in [-0.05, 0) is 47.7 Å². The molecule has 0 fully saturated rings. The Morgan fingerprint density at radius 3 is 2.50 bits per heavy atom. The minimum Gasteiger partial charge on any atom is -0.264 e. The second kappa shape index (κ2) is 5.13. The molecular weight excluding hydrogens is 218 g/mol. The summed E-state index contributed by atoms with van der Waals surface area (Å²) < 4.78 is 0. The molecule has 0 atom stereocenters. The lowest BCUT2D eigenvalue weighted by atomic mass is 10.0. The highest BCUT2D eigenvalue weighted by Gasteiger charge is 2.01. The molecule has 0 aliphatic heterocycles. The number of halogens is 1. The lowest BCUT2D eigenvalue weighted by molar-refractivity contribution is 1.03. The van der Waals surface area contributed by atoms with Crippen LogP contribution in [0.2, 0.25) is 5.02 Å². The van der Waals surface area contributed by atoms with Gasteiger partial charge in [-0.15, -0.1) is 0 Å². The van der Waals surface area contributed by atoms with E-state index < -0.39 is 0 Å². The zero-order valence-corrected chi connectivity index (χ0v) is 10.0. The summed E-state index contributed by atoms with van der Waals surface area (Å²) in [5.41, 5.74) is 3.93. The van der Waals surface area contributed by atoms with Crippen molar-refractivity contribution in [2.45, 2.75) is 19.8 Å². The van der Waals surface area contributed by atoms with Crippen molar-refractivity contribution in [1.82, 2.24) is 4.98 Å². The predicted octanol–water partition coefficient (Wildman–Crippen LogP) is 3.89. The smallest absolute Gasteiger partial charge is 0.0406 e. The highest BCUT2D eigenvalue weighted by atomic mass is 35.5. The maximum atomic E-state index is 5.86. The van der Waals surface area contributed by atoms with E-state index in [1.54, 1.807) is 0 Å². The molecule has 0 N–H and O–H groups in total. The van der Waals surface area contributed by atoms with Crippen LogP contribution in [-0.4, -0.2) is 4.98 Å². The predicted molar refractivity (Wildman–Crippen MR) is 67.9 cm³/mol. The van der Waals surface area contributed by atoms with E-state index in [9.17, 15) is 0 Å². The van der Waals surface area contributed by atoms with Crippen LogP contribution in [0.4, 0.5) is 0 Å². The molecule has 0 aliphatic rings. The fourth-order valence-corrected chi connectivity index (χ4v) is 1.91. The van der Waals surface area contributed by atoms with Crippen molar-refractivity contribution < 1.29 is 0 Å². The summed E-state index contributed by atoms with van der Waals surface area (Å²) in [6.45, 7) is 2.17. The van der Waals surface area contributed by atoms with Gasteiger partial charge >= 0.3 is 0 Å². The average Bonchev–Trinajstić information content (AvgIpc) is 2.33. The van der Waals surface area contributed by atoms with Gasteiger partial charge in [0.1, 0.15) is 0 Å². The fourth-order valence-electron chi connectivity index (χ4n) is 1.78. The van der Waals surface area contributed by atoms with Gasteiger partial charge in [-0.25, -0.2) is 0 Å². The first kappa shape index (κ1) is 11.2. The van der Waals surface area contributed by atoms with E-state index in [1.165, 1.54) is 16.7 Å². The van der Waals surface area contributed by atoms with E-state index in [1.807, 2.05) is 24.5 Å². The third kappa shape index (κ3) is 2.61. The topological polar surface area (TPSA) is 12.9 Å². The Morgan fingerprint density at radius 1 is 1.06 bits per heavy atom. The molecule has 82 valence electrons. The van der Waals surface area contributed by atoms with Crippen molar-refractivity contribution in [3.63, 3.8) is 0 Å². The van der Waals surface area contributed by atoms with Crippen LogP contribution in [0, 0.1) is 0 Å². The molecule has 0 unspecified atom stereocenters. The molecule has 0 aliphatic carbocycles. The van der Waals surface area contributed by atoms with Gasteiger partial charge in [0.05, 0.1) is 0 Å². The first-order valence-electron chi connectivity index (χ1n) is 5.46. The number of aryl methyl sites for hydroxylation is 1. The molecule has 0 spiro atoms. The normalized spacial score (nSPS) is 10.4. The molecule has 1 aromatic heterocycles. The summed E-state index contributed by atoms with van der Waals surface area (Å²) in [5, 5.41) is 0.783. The van der Waals surface area contributed by atoms with Crippen LogP contribution in [0.1, 0.15) is 23.6 Å². The van der Waals surface area contributed by atoms with Crippen LogP contribution in [0.3, 0.4) is 0 Å². The highest BCUT2D eigenvalue weighted by Crippen LogP contribution is 2.16. The second-order valence-electron chi connectivity index (χ2n) is 3.80. The van der Waals surface area contributed by atoms with Crippen LogP contribution in [0.25, 0.3) is 0 Å². The number of rotatable bonds is 3. The van der Waals surface area contributed by atoms with E-state index in [2.05, 4.69) is 30.1 Å². The van der Waals surface area contributed by atoms with E-state index in [4.69, 9.17) is 11.6 Å². The molecule has 0 amide bonds. The van der Waals surface area contributed by atoms with Gasteiger partial charge in [0.15, 0.2) is 0 Å². The van der Waals surface area contributed by atoms with Crippen molar-refractivity contribution in [1.29, 1.82) is 0 Å². The van der Waals surface area contributed by atoms with Crippen LogP contribution in [0.5, 0.6) is 0 Å². The number of benzene rings is 1. The number of nitrogens with zero attached hydrogens (tertiary/aromatic N) is 1. The summed E-state index contributed by atoms with van der Waals surface area (Å²) in [7, 11) is 0. The van der Waals surface area contributed by atoms with Gasteiger partial charge in [0, 0.05) is 17.4 Å². The number of aromatic nitrogens is 1. The van der Waals surface area contributed by atoms with Gasteiger partial charge in [0.2, 0.25) is 0 Å². The Bertz CT molecular complexity index is 462. The van der Waals surface area contributed by atoms with E-state index in [-0.39, 0.29) is 0 Å². The zero-order valence-electron chi connectivity index (χ0n) is 9.28. The molecular formula is C14H14ClN. The molecule has 1 nitrogen and oxygen atoms in total. The molecule has 0 saturated heterocycles. The second-order valence-corrected chi connectivity index (χ2v) is 4.24. The maximum Gasteiger partial charge on any atom is 0.0406 e. The molecule has 1 aromatic carbocycles. The molecule has 0 radical (unpaired) electrons. The SMILES string of the molecule is CCc1ccncc1Cc1ccc(Cl)cc1. The summed E-state index contributed by atoms with van der Waals surface area (Å²) in [4.78, 5) is 4.18. The van der Waals surface area contributed by atoms with Gasteiger partial charge in [-0.1, -0.05) is 30.7 Å². The molecule has 2 rings (SSSR count). The molecule has 1 heterocycles. The van der Waals surface area contributed by atoms with Crippen molar-refractivity contribution in [2.24, 2.45) is 0 Å². The van der Waals surface area contributed by atoms with Crippen LogP contribution < -0.4 is 0 Å². The minimum absolute atomic E-state index is 0.783. The first-order chi connectivity index (χ1) is 7.79. The Kier molecular flexibility index (Phi) is 3.58. The van der Waals surface area contributed by atoms with Crippen molar-refractivity contribution in [3.8, 4) is 0 Å². The summed E-state index contributed by atoms with van der Waals surface area (Å²) in [6, 6.07) is 10.1. The quantitative estimate of drug-likeness (QED) is 0.781. The molecule has 2 heteroatoms. The van der Waals surface area contributed by atoms with Gasteiger partial charge in [-0.3, -0.25) is 4.98 Å². The van der Waals surface area contributed by atoms with E-state index >= 15 is 0 Å². The molecule has 16 heavy (non-hydrogen) atoms. The lowest BCUT2D eigenvalue weighted by Gasteiger charge is -2.06. The lowest BCUT2D eigenvalue weighted by Crippen LogP contribution is -1.95. The van der Waals surface area contributed by atoms with Crippen molar-refractivity contribution >= 4 is 11.6 Å². The standard InChI is InChI=1S/C14H14ClN/c1-2-12-7-8-16-10-13(12)9-11-3-5-14(15)6-4-11/h3-8,10H,2,9H2,1H3. The molecule has 2 aromatic rings. The summed E-state index contributed by atoms with van der Waals surface area (Å²) in [5.74, 6) is 0. The van der Waals surface area contributed by atoms with Crippen LogP contribution in [0.15, 0.2) is 42.7 Å². The minimum atomic E-state index is 0.783. The maximum absolute atomic E-state index is 5.86. The van der Waals surface area contributed by atoms with E-state index in [0.29, 0.717) is 0 Å². The highest BCUT2D eigenvalue weighted by molar-refractivity contribution is 6.30. The first-order valence-corrected chi connectivity index (χ1v) is 5.83. The summed E-state index contributed by atoms with van der Waals surface area (Å²) in [6.07, 6.45) is 5.78. The van der Waals surface area contributed by atoms with Gasteiger partial charge < -0.3 is 0 Å². The number of hydrogen-bond donors (Lipinski definition) is 0. The van der Waals surface area contributed by atoms with E-state index in [0.717, 1.165) is 17.9 Å². The molecule has 0 saturated carbocycles. The molecule has 0 bridgehead atoms. The third-order valence-corrected chi connectivity index (χ3v) is 2.95. The average molecular weight is 232 g/mol. The Labute approximate surface area is 101 Å². The number of pyridine rings is 1. The van der Waals surface area contributed by atoms with Crippen molar-refractivity contribution in [2.75, 3.05) is 0 Å². The Balaban J connectivity index is 2.23. The Hall–Kier alpha value is -1.34.